The summed E-state index contributed by atoms with van der Waals surface area (Å²) in [4.78, 5) is 13.4. The molecule has 2 rings (SSSR count). The van der Waals surface area contributed by atoms with Gasteiger partial charge in [-0.2, -0.15) is 0 Å². The van der Waals surface area contributed by atoms with E-state index in [0.29, 0.717) is 6.61 Å². The fourth-order valence-electron chi connectivity index (χ4n) is 3.63. The Labute approximate surface area is 170 Å². The topological polar surface area (TPSA) is 52.0 Å². The molecule has 5 nitrogen and oxygen atoms in total. The van der Waals surface area contributed by atoms with Gasteiger partial charge in [-0.1, -0.05) is 51.9 Å². The highest BCUT2D eigenvalue weighted by atomic mass is 16.5. The van der Waals surface area contributed by atoms with Crippen molar-refractivity contribution in [3.8, 4) is 5.75 Å². The number of carbonyl (C=O) groups is 1. The molecule has 1 aliphatic rings. The number of hydrogen-bond acceptors (Lipinski definition) is 3. The van der Waals surface area contributed by atoms with Crippen molar-refractivity contribution in [3.63, 3.8) is 0 Å². The Bertz CT molecular complexity index is 527. The van der Waals surface area contributed by atoms with E-state index < -0.39 is 0 Å². The molecule has 0 aliphatic carbocycles. The van der Waals surface area contributed by atoms with Gasteiger partial charge in [0, 0.05) is 18.5 Å². The smallest absolute Gasteiger partial charge is 0.411 e. The first-order chi connectivity index (χ1) is 13.8. The number of amides is 1. The van der Waals surface area contributed by atoms with Gasteiger partial charge in [0.15, 0.2) is 0 Å². The number of unbranched alkanes of at least 4 members (excludes halogenated alkanes) is 7. The van der Waals surface area contributed by atoms with Gasteiger partial charge in [-0.15, -0.1) is 0 Å². The minimum Gasteiger partial charge on any atom is -0.494 e. The van der Waals surface area contributed by atoms with Crippen LogP contribution in [0, 0.1) is 0 Å². The van der Waals surface area contributed by atoms with Crippen molar-refractivity contribution in [1.82, 2.24) is 0 Å². The van der Waals surface area contributed by atoms with Crippen LogP contribution in [0.15, 0.2) is 24.3 Å². The Balaban J connectivity index is 1.50. The summed E-state index contributed by atoms with van der Waals surface area (Å²) in [5.41, 5.74) is 0.734. The molecule has 1 aliphatic heterocycles. The number of anilines is 1. The number of nitrogens with one attached hydrogen (secondary N) is 2. The lowest BCUT2D eigenvalue weighted by Gasteiger charge is -2.12. The monoisotopic (exact) mass is 391 g/mol. The fourth-order valence-corrected chi connectivity index (χ4v) is 3.63. The van der Waals surface area contributed by atoms with Gasteiger partial charge in [0.2, 0.25) is 0 Å². The zero-order chi connectivity index (χ0) is 19.9. The number of rotatable bonds is 14. The lowest BCUT2D eigenvalue weighted by Crippen LogP contribution is -3.10. The highest BCUT2D eigenvalue weighted by Crippen LogP contribution is 2.16. The van der Waals surface area contributed by atoms with Crippen molar-refractivity contribution in [1.29, 1.82) is 0 Å². The van der Waals surface area contributed by atoms with Crippen molar-refractivity contribution in [2.45, 2.75) is 71.1 Å². The Morgan fingerprint density at radius 2 is 1.57 bits per heavy atom. The third-order valence-corrected chi connectivity index (χ3v) is 5.37. The average molecular weight is 392 g/mol. The molecule has 0 unspecified atom stereocenters. The SMILES string of the molecule is CCCCCCCCCCOc1ccc(NC(=O)OCC[NH+]2CCCC2)cc1. The molecule has 1 fully saturated rings. The van der Waals surface area contributed by atoms with Crippen LogP contribution in [-0.2, 0) is 4.74 Å². The van der Waals surface area contributed by atoms with Gasteiger partial charge in [-0.3, -0.25) is 5.32 Å². The molecule has 0 spiro atoms. The zero-order valence-electron chi connectivity index (χ0n) is 17.6. The molecule has 0 atom stereocenters. The van der Waals surface area contributed by atoms with E-state index in [1.54, 1.807) is 0 Å². The minimum atomic E-state index is -0.383. The van der Waals surface area contributed by atoms with E-state index in [1.165, 1.54) is 75.8 Å². The number of hydrogen-bond donors (Lipinski definition) is 2. The summed E-state index contributed by atoms with van der Waals surface area (Å²) >= 11 is 0. The van der Waals surface area contributed by atoms with Gasteiger partial charge in [0.05, 0.1) is 19.7 Å². The Hall–Kier alpha value is -1.75. The van der Waals surface area contributed by atoms with E-state index in [9.17, 15) is 4.79 Å². The highest BCUT2D eigenvalue weighted by Gasteiger charge is 2.15. The number of benzene rings is 1. The van der Waals surface area contributed by atoms with Crippen LogP contribution in [0.3, 0.4) is 0 Å². The molecule has 5 heteroatoms. The second kappa shape index (κ2) is 14.3. The second-order valence-electron chi connectivity index (χ2n) is 7.82. The van der Waals surface area contributed by atoms with E-state index in [0.717, 1.165) is 31.0 Å². The minimum absolute atomic E-state index is 0.383. The van der Waals surface area contributed by atoms with Crippen LogP contribution in [-0.4, -0.2) is 38.9 Å². The lowest BCUT2D eigenvalue weighted by atomic mass is 10.1. The second-order valence-corrected chi connectivity index (χ2v) is 7.82. The highest BCUT2D eigenvalue weighted by molar-refractivity contribution is 5.84. The molecule has 0 aromatic heterocycles. The van der Waals surface area contributed by atoms with E-state index >= 15 is 0 Å². The normalized spacial score (nSPS) is 14.2. The van der Waals surface area contributed by atoms with Crippen molar-refractivity contribution < 1.29 is 19.2 Å². The number of ether oxygens (including phenoxy) is 2. The largest absolute Gasteiger partial charge is 0.494 e. The van der Waals surface area contributed by atoms with E-state index in [-0.39, 0.29) is 6.09 Å². The third-order valence-electron chi connectivity index (χ3n) is 5.37. The van der Waals surface area contributed by atoms with Gasteiger partial charge < -0.3 is 14.4 Å². The maximum absolute atomic E-state index is 11.9. The molecule has 158 valence electrons. The quantitative estimate of drug-likeness (QED) is 0.461. The van der Waals surface area contributed by atoms with Gasteiger partial charge in [-0.25, -0.2) is 4.79 Å². The van der Waals surface area contributed by atoms with E-state index in [1.807, 2.05) is 24.3 Å². The predicted molar refractivity (Wildman–Crippen MR) is 114 cm³/mol. The van der Waals surface area contributed by atoms with Gasteiger partial charge in [-0.05, 0) is 30.7 Å². The van der Waals surface area contributed by atoms with Crippen molar-refractivity contribution >= 4 is 11.8 Å². The van der Waals surface area contributed by atoms with E-state index in [2.05, 4.69) is 12.2 Å². The van der Waals surface area contributed by atoms with Crippen molar-refractivity contribution in [2.75, 3.05) is 38.2 Å². The molecule has 1 aromatic rings. The standard InChI is InChI=1S/C23H38N2O3/c1-2-3-4-5-6-7-8-11-19-27-22-14-12-21(13-15-22)24-23(26)28-20-18-25-16-9-10-17-25/h12-15H,2-11,16-20H2,1H3,(H,24,26)/p+1. The summed E-state index contributed by atoms with van der Waals surface area (Å²) < 4.78 is 11.1. The molecule has 2 N–H and O–H groups in total. The summed E-state index contributed by atoms with van der Waals surface area (Å²) in [6.07, 6.45) is 12.6. The summed E-state index contributed by atoms with van der Waals surface area (Å²) in [5.74, 6) is 0.847. The first kappa shape index (κ1) is 22.5. The molecular weight excluding hydrogens is 352 g/mol. The molecular formula is C23H39N2O3+. The van der Waals surface area contributed by atoms with Gasteiger partial charge in [0.25, 0.3) is 0 Å². The molecule has 1 saturated heterocycles. The van der Waals surface area contributed by atoms with Crippen LogP contribution in [0.25, 0.3) is 0 Å². The fraction of sp³-hybridized carbons (Fsp3) is 0.696. The van der Waals surface area contributed by atoms with Gasteiger partial charge in [0.1, 0.15) is 18.9 Å². The Kier molecular flexibility index (Phi) is 11.5. The molecule has 1 amide bonds. The van der Waals surface area contributed by atoms with Crippen LogP contribution >= 0.6 is 0 Å². The Morgan fingerprint density at radius 3 is 2.25 bits per heavy atom. The maximum atomic E-state index is 11.9. The van der Waals surface area contributed by atoms with Crippen LogP contribution in [0.4, 0.5) is 10.5 Å². The molecule has 1 heterocycles. The van der Waals surface area contributed by atoms with Crippen LogP contribution < -0.4 is 15.0 Å². The Morgan fingerprint density at radius 1 is 0.929 bits per heavy atom. The van der Waals surface area contributed by atoms with Gasteiger partial charge >= 0.3 is 6.09 Å². The molecule has 0 radical (unpaired) electrons. The summed E-state index contributed by atoms with van der Waals surface area (Å²) in [5, 5.41) is 2.77. The summed E-state index contributed by atoms with van der Waals surface area (Å²) in [7, 11) is 0. The predicted octanol–water partition coefficient (Wildman–Crippen LogP) is 4.43. The number of carbonyl (C=O) groups excluding carboxylic acids is 1. The van der Waals surface area contributed by atoms with E-state index in [4.69, 9.17) is 9.47 Å². The summed E-state index contributed by atoms with van der Waals surface area (Å²) in [6.45, 7) is 6.78. The summed E-state index contributed by atoms with van der Waals surface area (Å²) in [6, 6.07) is 7.51. The van der Waals surface area contributed by atoms with Crippen LogP contribution in [0.2, 0.25) is 0 Å². The molecule has 28 heavy (non-hydrogen) atoms. The first-order valence-electron chi connectivity index (χ1n) is 11.3. The molecule has 0 bridgehead atoms. The maximum Gasteiger partial charge on any atom is 0.411 e. The zero-order valence-corrected chi connectivity index (χ0v) is 17.6. The molecule has 0 saturated carbocycles. The average Bonchev–Trinajstić information content (AvgIpc) is 3.21. The number of likely N-dealkylation sites (tertiary alicyclic amines) is 1. The first-order valence-corrected chi connectivity index (χ1v) is 11.3. The van der Waals surface area contributed by atoms with Crippen LogP contribution in [0.5, 0.6) is 5.75 Å². The van der Waals surface area contributed by atoms with Crippen LogP contribution in [0.1, 0.15) is 71.1 Å². The molecule has 1 aromatic carbocycles. The van der Waals surface area contributed by atoms with Crippen molar-refractivity contribution in [3.05, 3.63) is 24.3 Å². The van der Waals surface area contributed by atoms with Crippen molar-refractivity contribution in [2.24, 2.45) is 0 Å². The lowest BCUT2D eigenvalue weighted by molar-refractivity contribution is -0.887. The third kappa shape index (κ3) is 9.98. The number of quaternary nitrogens is 1.